The first-order valence-corrected chi connectivity index (χ1v) is 11.3. The number of primary amides is 1. The molecule has 1 aromatic heterocycles. The molecular formula is C18H19ClN2O4S2. The third-order valence-corrected chi connectivity index (χ3v) is 7.51. The lowest BCUT2D eigenvalue weighted by atomic mass is 10.1. The number of amides is 2. The summed E-state index contributed by atoms with van der Waals surface area (Å²) < 4.78 is 24.8. The van der Waals surface area contributed by atoms with Crippen molar-refractivity contribution in [3.63, 3.8) is 0 Å². The summed E-state index contributed by atoms with van der Waals surface area (Å²) in [6.45, 7) is 0. The third kappa shape index (κ3) is 4.51. The molecule has 0 bridgehead atoms. The number of aryl methyl sites for hydroxylation is 1. The average molecular weight is 427 g/mol. The minimum Gasteiger partial charge on any atom is -0.365 e. The second-order valence-electron chi connectivity index (χ2n) is 6.39. The normalized spacial score (nSPS) is 14.3. The number of fused-ring (bicyclic) bond motifs is 1. The van der Waals surface area contributed by atoms with Crippen molar-refractivity contribution in [2.75, 3.05) is 11.1 Å². The number of thiophene rings is 1. The van der Waals surface area contributed by atoms with E-state index in [4.69, 9.17) is 17.3 Å². The number of carbonyl (C=O) groups excluding carboxylic acids is 2. The van der Waals surface area contributed by atoms with Crippen LogP contribution in [0.2, 0.25) is 5.02 Å². The molecule has 0 radical (unpaired) electrons. The Morgan fingerprint density at radius 1 is 1.11 bits per heavy atom. The van der Waals surface area contributed by atoms with Gasteiger partial charge in [-0.1, -0.05) is 18.0 Å². The van der Waals surface area contributed by atoms with Crippen molar-refractivity contribution in [1.82, 2.24) is 0 Å². The average Bonchev–Trinajstić information content (AvgIpc) is 2.76. The maximum absolute atomic E-state index is 12.4. The fraction of sp³-hybridized carbons (Fsp3) is 0.333. The summed E-state index contributed by atoms with van der Waals surface area (Å²) in [6, 6.07) is 5.61. The Morgan fingerprint density at radius 3 is 2.44 bits per heavy atom. The molecule has 3 N–H and O–H groups in total. The topological polar surface area (TPSA) is 106 Å². The Balaban J connectivity index is 1.82. The van der Waals surface area contributed by atoms with E-state index in [1.54, 1.807) is 0 Å². The van der Waals surface area contributed by atoms with Crippen molar-refractivity contribution < 1.29 is 18.0 Å². The van der Waals surface area contributed by atoms with Gasteiger partial charge in [-0.3, -0.25) is 9.59 Å². The van der Waals surface area contributed by atoms with Crippen molar-refractivity contribution >= 4 is 49.6 Å². The van der Waals surface area contributed by atoms with Gasteiger partial charge in [-0.25, -0.2) is 8.42 Å². The van der Waals surface area contributed by atoms with Gasteiger partial charge in [-0.2, -0.15) is 0 Å². The van der Waals surface area contributed by atoms with Crippen LogP contribution in [0.25, 0.3) is 0 Å². The number of rotatable bonds is 5. The van der Waals surface area contributed by atoms with Crippen molar-refractivity contribution in [1.29, 1.82) is 0 Å². The van der Waals surface area contributed by atoms with Crippen LogP contribution in [0, 0.1) is 0 Å². The van der Waals surface area contributed by atoms with E-state index >= 15 is 0 Å². The Labute approximate surface area is 166 Å². The molecule has 2 aromatic rings. The number of sulfone groups is 1. The fourth-order valence-electron chi connectivity index (χ4n) is 3.15. The predicted octanol–water partition coefficient (Wildman–Crippen LogP) is 3.18. The highest BCUT2D eigenvalue weighted by Gasteiger charge is 2.26. The van der Waals surface area contributed by atoms with Gasteiger partial charge >= 0.3 is 0 Å². The minimum absolute atomic E-state index is 0.0131. The van der Waals surface area contributed by atoms with E-state index in [0.717, 1.165) is 42.5 Å². The van der Waals surface area contributed by atoms with Crippen LogP contribution >= 0.6 is 22.9 Å². The molecule has 1 aliphatic carbocycles. The first-order valence-electron chi connectivity index (χ1n) is 8.50. The molecule has 27 heavy (non-hydrogen) atoms. The molecule has 144 valence electrons. The number of anilines is 1. The summed E-state index contributed by atoms with van der Waals surface area (Å²) in [5, 5.41) is 3.33. The zero-order chi connectivity index (χ0) is 19.6. The molecule has 6 nitrogen and oxygen atoms in total. The predicted molar refractivity (Wildman–Crippen MR) is 106 cm³/mol. The Hall–Kier alpha value is -1.90. The first kappa shape index (κ1) is 19.9. The van der Waals surface area contributed by atoms with E-state index in [2.05, 4.69) is 5.32 Å². The van der Waals surface area contributed by atoms with E-state index in [-0.39, 0.29) is 4.90 Å². The summed E-state index contributed by atoms with van der Waals surface area (Å²) in [5.41, 5.74) is 6.73. The minimum atomic E-state index is -3.82. The van der Waals surface area contributed by atoms with Crippen molar-refractivity contribution in [3.8, 4) is 0 Å². The molecule has 1 heterocycles. The van der Waals surface area contributed by atoms with Crippen LogP contribution < -0.4 is 11.1 Å². The molecule has 0 fully saturated rings. The smallest absolute Gasteiger partial charge is 0.251 e. The van der Waals surface area contributed by atoms with Crippen LogP contribution in [-0.4, -0.2) is 26.0 Å². The number of carbonyl (C=O) groups is 2. The Kier molecular flexibility index (Phi) is 5.88. The SMILES string of the molecule is NC(=O)c1c(NC(=O)CS(=O)(=O)c2ccc(Cl)cc2)sc2c1CCCCC2. The Bertz CT molecular complexity index is 982. The molecule has 2 amide bonds. The van der Waals surface area contributed by atoms with Gasteiger partial charge in [0.15, 0.2) is 9.84 Å². The second kappa shape index (κ2) is 8.00. The monoisotopic (exact) mass is 426 g/mol. The summed E-state index contributed by atoms with van der Waals surface area (Å²) in [4.78, 5) is 25.3. The molecule has 3 rings (SSSR count). The second-order valence-corrected chi connectivity index (χ2v) is 9.93. The van der Waals surface area contributed by atoms with E-state index < -0.39 is 27.4 Å². The number of hydrogen-bond acceptors (Lipinski definition) is 5. The van der Waals surface area contributed by atoms with E-state index in [1.807, 2.05) is 0 Å². The van der Waals surface area contributed by atoms with Crippen LogP contribution in [0.4, 0.5) is 5.00 Å². The highest BCUT2D eigenvalue weighted by Crippen LogP contribution is 2.37. The molecular weight excluding hydrogens is 408 g/mol. The van der Waals surface area contributed by atoms with Crippen LogP contribution in [0.5, 0.6) is 0 Å². The molecule has 0 atom stereocenters. The van der Waals surface area contributed by atoms with Crippen LogP contribution in [0.1, 0.15) is 40.1 Å². The first-order chi connectivity index (χ1) is 12.8. The lowest BCUT2D eigenvalue weighted by Crippen LogP contribution is -2.24. The van der Waals surface area contributed by atoms with E-state index in [1.165, 1.54) is 35.6 Å². The van der Waals surface area contributed by atoms with Gasteiger partial charge in [0.1, 0.15) is 10.8 Å². The fourth-order valence-corrected chi connectivity index (χ4v) is 5.72. The van der Waals surface area contributed by atoms with Gasteiger partial charge in [0.05, 0.1) is 10.5 Å². The summed E-state index contributed by atoms with van der Waals surface area (Å²) in [7, 11) is -3.82. The lowest BCUT2D eigenvalue weighted by molar-refractivity contribution is -0.113. The van der Waals surface area contributed by atoms with Gasteiger partial charge in [0.25, 0.3) is 5.91 Å². The maximum atomic E-state index is 12.4. The van der Waals surface area contributed by atoms with Crippen LogP contribution in [0.3, 0.4) is 0 Å². The molecule has 9 heteroatoms. The molecule has 1 aliphatic rings. The molecule has 1 aromatic carbocycles. The largest absolute Gasteiger partial charge is 0.365 e. The molecule has 0 saturated heterocycles. The number of hydrogen-bond donors (Lipinski definition) is 2. The number of nitrogens with one attached hydrogen (secondary N) is 1. The molecule has 0 aliphatic heterocycles. The summed E-state index contributed by atoms with van der Waals surface area (Å²) in [6.07, 6.45) is 4.63. The van der Waals surface area contributed by atoms with Crippen molar-refractivity contribution in [3.05, 3.63) is 45.3 Å². The molecule has 0 unspecified atom stereocenters. The van der Waals surface area contributed by atoms with E-state index in [9.17, 15) is 18.0 Å². The van der Waals surface area contributed by atoms with Crippen molar-refractivity contribution in [2.45, 2.75) is 37.0 Å². The zero-order valence-electron chi connectivity index (χ0n) is 14.5. The van der Waals surface area contributed by atoms with Gasteiger partial charge in [0.2, 0.25) is 5.91 Å². The maximum Gasteiger partial charge on any atom is 0.251 e. The Morgan fingerprint density at radius 2 is 1.78 bits per heavy atom. The highest BCUT2D eigenvalue weighted by molar-refractivity contribution is 7.92. The van der Waals surface area contributed by atoms with Gasteiger partial charge < -0.3 is 11.1 Å². The van der Waals surface area contributed by atoms with Crippen molar-refractivity contribution in [2.24, 2.45) is 5.73 Å². The molecule has 0 spiro atoms. The van der Waals surface area contributed by atoms with Crippen LogP contribution in [-0.2, 0) is 27.5 Å². The molecule has 0 saturated carbocycles. The lowest BCUT2D eigenvalue weighted by Gasteiger charge is -2.07. The van der Waals surface area contributed by atoms with E-state index in [0.29, 0.717) is 15.6 Å². The van der Waals surface area contributed by atoms with Gasteiger partial charge in [-0.05, 0) is 55.5 Å². The third-order valence-electron chi connectivity index (χ3n) is 4.41. The quantitative estimate of drug-likeness (QED) is 0.716. The standard InChI is InChI=1S/C18H19ClN2O4S2/c19-11-6-8-12(9-7-11)27(24,25)10-15(22)21-18-16(17(20)23)13-4-2-1-3-5-14(13)26-18/h6-9H,1-5,10H2,(H2,20,23)(H,21,22). The summed E-state index contributed by atoms with van der Waals surface area (Å²) in [5.74, 6) is -2.04. The van der Waals surface area contributed by atoms with Crippen LogP contribution in [0.15, 0.2) is 29.2 Å². The number of nitrogens with two attached hydrogens (primary N) is 1. The summed E-state index contributed by atoms with van der Waals surface area (Å²) >= 11 is 7.08. The zero-order valence-corrected chi connectivity index (χ0v) is 16.8. The highest BCUT2D eigenvalue weighted by atomic mass is 35.5. The number of benzene rings is 1. The number of halogens is 1. The van der Waals surface area contributed by atoms with Gasteiger partial charge in [-0.15, -0.1) is 11.3 Å². The van der Waals surface area contributed by atoms with Gasteiger partial charge in [0, 0.05) is 9.90 Å².